The molecule has 0 spiro atoms. The number of piperidine rings is 1. The van der Waals surface area contributed by atoms with Crippen LogP contribution in [0.4, 0.5) is 10.5 Å². The number of carbonyl (C=O) groups excluding carboxylic acids is 4. The first-order valence-electron chi connectivity index (χ1n) is 15.0. The number of nitrogens with zero attached hydrogens (tertiary/aromatic N) is 3. The van der Waals surface area contributed by atoms with Crippen molar-refractivity contribution in [1.82, 2.24) is 15.1 Å². The summed E-state index contributed by atoms with van der Waals surface area (Å²) in [7, 11) is 0. The zero-order valence-electron chi connectivity index (χ0n) is 26.5. The predicted molar refractivity (Wildman–Crippen MR) is 160 cm³/mol. The summed E-state index contributed by atoms with van der Waals surface area (Å²) in [4.78, 5) is 68.5. The summed E-state index contributed by atoms with van der Waals surface area (Å²) >= 11 is 0. The van der Waals surface area contributed by atoms with Crippen LogP contribution in [-0.4, -0.2) is 77.5 Å². The van der Waals surface area contributed by atoms with E-state index in [1.54, 1.807) is 54.5 Å². The number of ether oxygens (including phenoxy) is 2. The topological polar surface area (TPSA) is 152 Å². The van der Waals surface area contributed by atoms with Gasteiger partial charge in [-0.2, -0.15) is 0 Å². The second-order valence-electron chi connectivity index (χ2n) is 11.9. The number of anilines is 1. The highest BCUT2D eigenvalue weighted by Crippen LogP contribution is 2.40. The summed E-state index contributed by atoms with van der Waals surface area (Å²) in [6.07, 6.45) is 1.10. The summed E-state index contributed by atoms with van der Waals surface area (Å²) in [5, 5.41) is 2.80. The molecular weight excluding hydrogens is 572 g/mol. The largest absolute Gasteiger partial charge is 0.519 e. The maximum absolute atomic E-state index is 14.2. The van der Waals surface area contributed by atoms with E-state index < -0.39 is 17.5 Å². The van der Waals surface area contributed by atoms with E-state index in [-0.39, 0.29) is 67.6 Å². The lowest BCUT2D eigenvalue weighted by atomic mass is 9.97. The second-order valence-corrected chi connectivity index (χ2v) is 11.9. The van der Waals surface area contributed by atoms with Gasteiger partial charge in [-0.3, -0.25) is 14.4 Å². The van der Waals surface area contributed by atoms with Gasteiger partial charge in [-0.05, 0) is 72.1 Å². The van der Waals surface area contributed by atoms with Crippen LogP contribution in [0, 0.1) is 13.8 Å². The Morgan fingerprint density at radius 1 is 1.16 bits per heavy atom. The molecule has 2 aliphatic heterocycles. The van der Waals surface area contributed by atoms with Gasteiger partial charge >= 0.3 is 11.9 Å². The van der Waals surface area contributed by atoms with Crippen molar-refractivity contribution in [3.8, 4) is 5.75 Å². The number of rotatable bonds is 9. The summed E-state index contributed by atoms with van der Waals surface area (Å²) < 4.78 is 21.2. The zero-order chi connectivity index (χ0) is 32.3. The summed E-state index contributed by atoms with van der Waals surface area (Å²) in [5.74, 6) is -0.607. The molecule has 4 amide bonds. The molecule has 0 unspecified atom stereocenters. The fourth-order valence-corrected chi connectivity index (χ4v) is 5.63. The first-order chi connectivity index (χ1) is 20.7. The quantitative estimate of drug-likeness (QED) is 0.447. The molecule has 1 aromatic carbocycles. The molecule has 2 aromatic rings. The van der Waals surface area contributed by atoms with E-state index in [1.165, 1.54) is 0 Å². The minimum absolute atomic E-state index is 0.119. The molecule has 44 heavy (non-hydrogen) atoms. The van der Waals surface area contributed by atoms with Crippen molar-refractivity contribution in [3.63, 3.8) is 0 Å². The lowest BCUT2D eigenvalue weighted by Crippen LogP contribution is -2.55. The first kappa shape index (κ1) is 32.6. The van der Waals surface area contributed by atoms with Gasteiger partial charge < -0.3 is 38.3 Å². The zero-order valence-corrected chi connectivity index (χ0v) is 26.5. The van der Waals surface area contributed by atoms with Gasteiger partial charge in [-0.1, -0.05) is 6.92 Å². The Bertz CT molecular complexity index is 1470. The van der Waals surface area contributed by atoms with Crippen molar-refractivity contribution < 1.29 is 37.5 Å². The molecule has 240 valence electrons. The number of hydrogen-bond donors (Lipinski definition) is 1. The molecule has 1 saturated heterocycles. The summed E-state index contributed by atoms with van der Waals surface area (Å²) in [6.45, 7) is 13.3. The van der Waals surface area contributed by atoms with Crippen LogP contribution < -0.4 is 20.8 Å². The number of hydrogen-bond acceptors (Lipinski definition) is 9. The third-order valence-electron chi connectivity index (χ3n) is 7.93. The highest BCUT2D eigenvalue weighted by atomic mass is 16.6. The third kappa shape index (κ3) is 6.92. The monoisotopic (exact) mass is 614 g/mol. The van der Waals surface area contributed by atoms with Gasteiger partial charge in [-0.15, -0.1) is 0 Å². The van der Waals surface area contributed by atoms with Gasteiger partial charge in [0.1, 0.15) is 5.75 Å². The van der Waals surface area contributed by atoms with E-state index in [4.69, 9.17) is 18.3 Å². The molecule has 1 atom stereocenters. The number of amides is 4. The molecule has 1 aromatic heterocycles. The number of benzene rings is 1. The van der Waals surface area contributed by atoms with Gasteiger partial charge in [0.2, 0.25) is 5.91 Å². The smallest absolute Gasteiger partial charge is 0.476 e. The standard InChI is InChI=1S/C31H42N4O9/c1-8-26(36)32-11-13-34-23-15-22(19(4)14-24(23)44-31(6,7)28(34)38)27(37)35(18(2)3)21-10-9-12-33(16-21)29(39)41-17-25-20(5)42-30(40)43-25/h14-15,18,21H,8-13,16-17H2,1-7H3,(H,32,36)/t21-/m1/s1. The third-order valence-corrected chi connectivity index (χ3v) is 7.93. The highest BCUT2D eigenvalue weighted by Gasteiger charge is 2.42. The normalized spacial score (nSPS) is 17.6. The van der Waals surface area contributed by atoms with Crippen LogP contribution in [0.2, 0.25) is 0 Å². The molecule has 0 saturated carbocycles. The number of aryl methyl sites for hydroxylation is 2. The van der Waals surface area contributed by atoms with E-state index in [0.29, 0.717) is 48.4 Å². The minimum Gasteiger partial charge on any atom is -0.476 e. The van der Waals surface area contributed by atoms with Crippen molar-refractivity contribution in [3.05, 3.63) is 45.4 Å². The Balaban J connectivity index is 1.55. The average molecular weight is 615 g/mol. The predicted octanol–water partition coefficient (Wildman–Crippen LogP) is 3.53. The number of likely N-dealkylation sites (tertiary alicyclic amines) is 1. The van der Waals surface area contributed by atoms with Gasteiger partial charge in [0.15, 0.2) is 23.7 Å². The van der Waals surface area contributed by atoms with Crippen LogP contribution in [0.25, 0.3) is 0 Å². The van der Waals surface area contributed by atoms with Crippen LogP contribution in [0.1, 0.15) is 81.3 Å². The Morgan fingerprint density at radius 3 is 2.52 bits per heavy atom. The molecule has 3 heterocycles. The van der Waals surface area contributed by atoms with Gasteiger partial charge in [0.25, 0.3) is 11.8 Å². The van der Waals surface area contributed by atoms with E-state index in [0.717, 1.165) is 0 Å². The van der Waals surface area contributed by atoms with Crippen LogP contribution in [0.5, 0.6) is 5.75 Å². The lowest BCUT2D eigenvalue weighted by Gasteiger charge is -2.42. The molecular formula is C31H42N4O9. The first-order valence-corrected chi connectivity index (χ1v) is 15.0. The van der Waals surface area contributed by atoms with Gasteiger partial charge in [0.05, 0.1) is 11.7 Å². The Kier molecular flexibility index (Phi) is 9.75. The Labute approximate surface area is 256 Å². The van der Waals surface area contributed by atoms with Crippen LogP contribution in [0.15, 0.2) is 25.8 Å². The SMILES string of the molecule is CCC(=O)NCCN1C(=O)C(C)(C)Oc2cc(C)c(C(=O)N(C(C)C)[C@@H]3CCCN(C(=O)OCc4oc(=O)oc4C)C3)cc21. The van der Waals surface area contributed by atoms with Gasteiger partial charge in [-0.25, -0.2) is 9.59 Å². The Hall–Kier alpha value is -4.29. The number of fused-ring (bicyclic) bond motifs is 1. The Morgan fingerprint density at radius 2 is 1.89 bits per heavy atom. The molecule has 1 N–H and O–H groups in total. The molecule has 2 aliphatic rings. The fourth-order valence-electron chi connectivity index (χ4n) is 5.63. The van der Waals surface area contributed by atoms with Crippen LogP contribution >= 0.6 is 0 Å². The van der Waals surface area contributed by atoms with Crippen molar-refractivity contribution in [2.24, 2.45) is 0 Å². The van der Waals surface area contributed by atoms with Crippen molar-refractivity contribution in [2.75, 3.05) is 31.1 Å². The van der Waals surface area contributed by atoms with Crippen molar-refractivity contribution in [1.29, 1.82) is 0 Å². The number of carbonyl (C=O) groups is 4. The van der Waals surface area contributed by atoms with Crippen LogP contribution in [-0.2, 0) is 20.9 Å². The van der Waals surface area contributed by atoms with E-state index in [2.05, 4.69) is 5.32 Å². The summed E-state index contributed by atoms with van der Waals surface area (Å²) in [5.41, 5.74) is 0.452. The fraction of sp³-hybridized carbons (Fsp3) is 0.581. The van der Waals surface area contributed by atoms with Crippen LogP contribution in [0.3, 0.4) is 0 Å². The molecule has 0 aliphatic carbocycles. The maximum atomic E-state index is 14.2. The minimum atomic E-state index is -1.12. The molecule has 0 bridgehead atoms. The molecule has 13 heteroatoms. The van der Waals surface area contributed by atoms with E-state index >= 15 is 0 Å². The summed E-state index contributed by atoms with van der Waals surface area (Å²) in [6, 6.07) is 2.98. The lowest BCUT2D eigenvalue weighted by molar-refractivity contribution is -0.132. The van der Waals surface area contributed by atoms with E-state index in [1.807, 2.05) is 20.8 Å². The molecule has 0 radical (unpaired) electrons. The van der Waals surface area contributed by atoms with Crippen molar-refractivity contribution >= 4 is 29.5 Å². The maximum Gasteiger partial charge on any atom is 0.519 e. The van der Waals surface area contributed by atoms with Gasteiger partial charge in [0, 0.05) is 44.2 Å². The van der Waals surface area contributed by atoms with Crippen molar-refractivity contribution in [2.45, 2.75) is 92.0 Å². The van der Waals surface area contributed by atoms with E-state index in [9.17, 15) is 24.0 Å². The molecule has 1 fully saturated rings. The molecule has 4 rings (SSSR count). The second kappa shape index (κ2) is 13.1. The molecule has 13 nitrogen and oxygen atoms in total. The average Bonchev–Trinajstić information content (AvgIpc) is 3.29. The highest BCUT2D eigenvalue weighted by molar-refractivity contribution is 6.05. The number of nitrogens with one attached hydrogen (secondary N) is 1.